The van der Waals surface area contributed by atoms with Crippen LogP contribution < -0.4 is 0 Å². The number of unbranched alkanes of at least 4 members (excludes halogenated alkanes) is 1. The van der Waals surface area contributed by atoms with Gasteiger partial charge in [0.25, 0.3) is 0 Å². The van der Waals surface area contributed by atoms with Crippen LogP contribution in [-0.4, -0.2) is 42.2 Å². The number of rotatable bonds is 6. The van der Waals surface area contributed by atoms with E-state index in [1.165, 1.54) is 0 Å². The molecular weight excluding hydrogens is 278 g/mol. The average Bonchev–Trinajstić information content (AvgIpc) is 2.44. The average molecular weight is 298 g/mol. The van der Waals surface area contributed by atoms with Gasteiger partial charge in [0.1, 0.15) is 0 Å². The van der Waals surface area contributed by atoms with Gasteiger partial charge in [0.2, 0.25) is 0 Å². The van der Waals surface area contributed by atoms with Crippen molar-refractivity contribution < 1.29 is 14.6 Å². The third-order valence-electron chi connectivity index (χ3n) is 3.51. The van der Waals surface area contributed by atoms with Gasteiger partial charge in [-0.1, -0.05) is 23.7 Å². The highest BCUT2D eigenvalue weighted by molar-refractivity contribution is 6.30. The number of morpholine rings is 1. The number of ether oxygens (including phenoxy) is 1. The van der Waals surface area contributed by atoms with E-state index in [9.17, 15) is 4.79 Å². The van der Waals surface area contributed by atoms with Gasteiger partial charge in [-0.05, 0) is 37.1 Å². The molecule has 2 rings (SSSR count). The molecule has 1 heterocycles. The lowest BCUT2D eigenvalue weighted by atomic mass is 10.1. The summed E-state index contributed by atoms with van der Waals surface area (Å²) in [7, 11) is 0. The van der Waals surface area contributed by atoms with Crippen molar-refractivity contribution in [1.82, 2.24) is 4.90 Å². The lowest BCUT2D eigenvalue weighted by molar-refractivity contribution is -0.137. The summed E-state index contributed by atoms with van der Waals surface area (Å²) in [6.07, 6.45) is 1.99. The van der Waals surface area contributed by atoms with Gasteiger partial charge in [-0.3, -0.25) is 9.69 Å². The Morgan fingerprint density at radius 3 is 2.80 bits per heavy atom. The van der Waals surface area contributed by atoms with Crippen molar-refractivity contribution >= 4 is 17.6 Å². The first-order chi connectivity index (χ1) is 9.65. The second-order valence-electron chi connectivity index (χ2n) is 5.06. The second kappa shape index (κ2) is 7.62. The van der Waals surface area contributed by atoms with E-state index < -0.39 is 5.97 Å². The smallest absolute Gasteiger partial charge is 0.303 e. The molecule has 0 amide bonds. The number of carboxylic acid groups (broad SMARTS) is 1. The minimum Gasteiger partial charge on any atom is -0.481 e. The number of hydrogen-bond donors (Lipinski definition) is 1. The molecule has 0 unspecified atom stereocenters. The van der Waals surface area contributed by atoms with Crippen LogP contribution in [0.15, 0.2) is 24.3 Å². The lowest BCUT2D eigenvalue weighted by Crippen LogP contribution is -2.38. The van der Waals surface area contributed by atoms with Crippen molar-refractivity contribution in [3.63, 3.8) is 0 Å². The normalized spacial score (nSPS) is 19.9. The van der Waals surface area contributed by atoms with E-state index in [1.807, 2.05) is 24.3 Å². The first-order valence-electron chi connectivity index (χ1n) is 6.96. The first kappa shape index (κ1) is 15.3. The molecule has 0 spiro atoms. The predicted octanol–water partition coefficient (Wildman–Crippen LogP) is 2.97. The number of benzene rings is 1. The Hall–Kier alpha value is -1.10. The van der Waals surface area contributed by atoms with Crippen LogP contribution in [0.25, 0.3) is 0 Å². The summed E-state index contributed by atoms with van der Waals surface area (Å²) in [6, 6.07) is 7.76. The van der Waals surface area contributed by atoms with Crippen LogP contribution in [0, 0.1) is 0 Å². The van der Waals surface area contributed by atoms with Crippen molar-refractivity contribution in [3.05, 3.63) is 34.9 Å². The molecule has 1 saturated heterocycles. The fourth-order valence-corrected chi connectivity index (χ4v) is 2.52. The molecule has 1 aromatic carbocycles. The molecule has 0 bridgehead atoms. The lowest BCUT2D eigenvalue weighted by Gasteiger charge is -2.33. The predicted molar refractivity (Wildman–Crippen MR) is 78.1 cm³/mol. The summed E-state index contributed by atoms with van der Waals surface area (Å²) >= 11 is 5.89. The Labute approximate surface area is 124 Å². The Kier molecular flexibility index (Phi) is 5.83. The number of hydrogen-bond acceptors (Lipinski definition) is 3. The third-order valence-corrected chi connectivity index (χ3v) is 3.76. The molecule has 1 atom stereocenters. The van der Waals surface area contributed by atoms with E-state index in [0.717, 1.165) is 43.1 Å². The van der Waals surface area contributed by atoms with Crippen molar-refractivity contribution in [2.75, 3.05) is 26.2 Å². The SMILES string of the molecule is O=C(O)CCCCN1CCO[C@H](c2ccc(Cl)cc2)C1. The highest BCUT2D eigenvalue weighted by Crippen LogP contribution is 2.23. The zero-order chi connectivity index (χ0) is 14.4. The molecule has 1 N–H and O–H groups in total. The molecule has 0 aromatic heterocycles. The first-order valence-corrected chi connectivity index (χ1v) is 7.34. The number of aliphatic carboxylic acids is 1. The molecule has 0 radical (unpaired) electrons. The fraction of sp³-hybridized carbons (Fsp3) is 0.533. The van der Waals surface area contributed by atoms with Crippen molar-refractivity contribution in [3.8, 4) is 0 Å². The maximum absolute atomic E-state index is 10.5. The van der Waals surface area contributed by atoms with E-state index in [2.05, 4.69) is 4.90 Å². The Bertz CT molecular complexity index is 435. The van der Waals surface area contributed by atoms with Gasteiger partial charge in [-0.15, -0.1) is 0 Å². The highest BCUT2D eigenvalue weighted by atomic mass is 35.5. The van der Waals surface area contributed by atoms with Crippen LogP contribution >= 0.6 is 11.6 Å². The number of nitrogens with zero attached hydrogens (tertiary/aromatic N) is 1. The van der Waals surface area contributed by atoms with Crippen LogP contribution in [0.3, 0.4) is 0 Å². The monoisotopic (exact) mass is 297 g/mol. The van der Waals surface area contributed by atoms with E-state index in [-0.39, 0.29) is 12.5 Å². The molecule has 4 nitrogen and oxygen atoms in total. The Morgan fingerprint density at radius 2 is 2.10 bits per heavy atom. The van der Waals surface area contributed by atoms with Crippen LogP contribution in [0.4, 0.5) is 0 Å². The fourth-order valence-electron chi connectivity index (χ4n) is 2.40. The number of carboxylic acids is 1. The van der Waals surface area contributed by atoms with Gasteiger partial charge in [0.15, 0.2) is 0 Å². The van der Waals surface area contributed by atoms with Crippen molar-refractivity contribution in [1.29, 1.82) is 0 Å². The Balaban J connectivity index is 1.79. The molecule has 0 aliphatic carbocycles. The third kappa shape index (κ3) is 4.78. The summed E-state index contributed by atoms with van der Waals surface area (Å²) in [6.45, 7) is 3.42. The van der Waals surface area contributed by atoms with Crippen molar-refractivity contribution in [2.24, 2.45) is 0 Å². The summed E-state index contributed by atoms with van der Waals surface area (Å²) in [4.78, 5) is 12.8. The van der Waals surface area contributed by atoms with Crippen LogP contribution in [0.1, 0.15) is 30.9 Å². The van der Waals surface area contributed by atoms with Crippen LogP contribution in [0.2, 0.25) is 5.02 Å². The Morgan fingerprint density at radius 1 is 1.35 bits per heavy atom. The zero-order valence-corrected chi connectivity index (χ0v) is 12.2. The van der Waals surface area contributed by atoms with Gasteiger partial charge >= 0.3 is 5.97 Å². The minimum atomic E-state index is -0.717. The molecule has 20 heavy (non-hydrogen) atoms. The minimum absolute atomic E-state index is 0.0838. The molecule has 0 saturated carbocycles. The van der Waals surface area contributed by atoms with Crippen LogP contribution in [-0.2, 0) is 9.53 Å². The van der Waals surface area contributed by atoms with Gasteiger partial charge in [-0.2, -0.15) is 0 Å². The number of halogens is 1. The van der Waals surface area contributed by atoms with Gasteiger partial charge in [0.05, 0.1) is 12.7 Å². The maximum Gasteiger partial charge on any atom is 0.303 e. The highest BCUT2D eigenvalue weighted by Gasteiger charge is 2.21. The molecule has 110 valence electrons. The second-order valence-corrected chi connectivity index (χ2v) is 5.50. The van der Waals surface area contributed by atoms with E-state index in [1.54, 1.807) is 0 Å². The summed E-state index contributed by atoms with van der Waals surface area (Å²) < 4.78 is 5.80. The summed E-state index contributed by atoms with van der Waals surface area (Å²) in [5.41, 5.74) is 1.14. The van der Waals surface area contributed by atoms with E-state index in [0.29, 0.717) is 6.61 Å². The molecule has 1 fully saturated rings. The van der Waals surface area contributed by atoms with Gasteiger partial charge in [0, 0.05) is 24.5 Å². The summed E-state index contributed by atoms with van der Waals surface area (Å²) in [5.74, 6) is -0.717. The summed E-state index contributed by atoms with van der Waals surface area (Å²) in [5, 5.41) is 9.35. The maximum atomic E-state index is 10.5. The topological polar surface area (TPSA) is 49.8 Å². The number of carbonyl (C=O) groups is 1. The molecule has 5 heteroatoms. The molecule has 1 aliphatic rings. The van der Waals surface area contributed by atoms with E-state index in [4.69, 9.17) is 21.4 Å². The largest absolute Gasteiger partial charge is 0.481 e. The van der Waals surface area contributed by atoms with Gasteiger partial charge < -0.3 is 9.84 Å². The standard InChI is InChI=1S/C15H20ClNO3/c16-13-6-4-12(5-7-13)14-11-17(9-10-20-14)8-2-1-3-15(18)19/h4-7,14H,1-3,8-11H2,(H,18,19)/t14-/m0/s1. The molecule has 1 aliphatic heterocycles. The van der Waals surface area contributed by atoms with E-state index >= 15 is 0 Å². The molecule has 1 aromatic rings. The van der Waals surface area contributed by atoms with Crippen LogP contribution in [0.5, 0.6) is 0 Å². The van der Waals surface area contributed by atoms with Crippen molar-refractivity contribution in [2.45, 2.75) is 25.4 Å². The molecular formula is C15H20ClNO3. The quantitative estimate of drug-likeness (QED) is 0.820. The van der Waals surface area contributed by atoms with Gasteiger partial charge in [-0.25, -0.2) is 0 Å². The zero-order valence-electron chi connectivity index (χ0n) is 11.4.